The summed E-state index contributed by atoms with van der Waals surface area (Å²) in [6.07, 6.45) is 19.4. The molecule has 0 saturated carbocycles. The molecule has 0 fully saturated rings. The maximum absolute atomic E-state index is 5.72. The summed E-state index contributed by atoms with van der Waals surface area (Å²) in [7, 11) is -1.43. The standard InChI is InChI=1S/C31H66O7Si/c1-5-6-7-8-9-10-11-12-13-14-15-16-17-18-19-32-20-21-33-22-23-34-24-25-35-26-27-36-28-29-37-30-31-38-39(2,3)4/h5-31H2,1-4H3. The zero-order valence-electron chi connectivity index (χ0n) is 26.4. The van der Waals surface area contributed by atoms with E-state index in [1.54, 1.807) is 0 Å². The average molecular weight is 579 g/mol. The molecule has 236 valence electrons. The second-order valence-electron chi connectivity index (χ2n) is 11.2. The van der Waals surface area contributed by atoms with E-state index in [1.165, 1.54) is 83.5 Å². The largest absolute Gasteiger partial charge is 0.415 e. The first-order valence-corrected chi connectivity index (χ1v) is 19.6. The van der Waals surface area contributed by atoms with E-state index >= 15 is 0 Å². The first-order valence-electron chi connectivity index (χ1n) is 16.2. The lowest BCUT2D eigenvalue weighted by molar-refractivity contribution is -0.0180. The van der Waals surface area contributed by atoms with E-state index in [2.05, 4.69) is 26.6 Å². The highest BCUT2D eigenvalue weighted by atomic mass is 28.4. The van der Waals surface area contributed by atoms with Gasteiger partial charge in [-0.1, -0.05) is 90.4 Å². The van der Waals surface area contributed by atoms with Crippen LogP contribution in [-0.2, 0) is 32.8 Å². The van der Waals surface area contributed by atoms with Gasteiger partial charge in [0.25, 0.3) is 0 Å². The molecule has 0 amide bonds. The van der Waals surface area contributed by atoms with Crippen LogP contribution in [0.15, 0.2) is 0 Å². The quantitative estimate of drug-likeness (QED) is 0.0581. The molecule has 0 aliphatic rings. The van der Waals surface area contributed by atoms with Crippen molar-refractivity contribution in [3.63, 3.8) is 0 Å². The fourth-order valence-electron chi connectivity index (χ4n) is 4.01. The van der Waals surface area contributed by atoms with Crippen molar-refractivity contribution in [1.29, 1.82) is 0 Å². The Morgan fingerprint density at radius 2 is 0.564 bits per heavy atom. The van der Waals surface area contributed by atoms with Gasteiger partial charge in [-0.25, -0.2) is 0 Å². The van der Waals surface area contributed by atoms with Crippen LogP contribution in [0, 0.1) is 0 Å². The van der Waals surface area contributed by atoms with Crippen LogP contribution in [0.1, 0.15) is 96.8 Å². The summed E-state index contributed by atoms with van der Waals surface area (Å²) in [5, 5.41) is 0. The highest BCUT2D eigenvalue weighted by molar-refractivity contribution is 6.69. The van der Waals surface area contributed by atoms with E-state index in [9.17, 15) is 0 Å². The highest BCUT2D eigenvalue weighted by Crippen LogP contribution is 2.13. The Bertz CT molecular complexity index is 449. The second-order valence-corrected chi connectivity index (χ2v) is 15.7. The number of hydrogen-bond acceptors (Lipinski definition) is 7. The summed E-state index contributed by atoms with van der Waals surface area (Å²) in [6.45, 7) is 16.8. The summed E-state index contributed by atoms with van der Waals surface area (Å²) >= 11 is 0. The van der Waals surface area contributed by atoms with Gasteiger partial charge >= 0.3 is 0 Å². The molecular weight excluding hydrogens is 512 g/mol. The SMILES string of the molecule is CCCCCCCCCCCCCCCCOCCOCCOCCOCCOCCOCCO[Si](C)(C)C. The predicted octanol–water partition coefficient (Wildman–Crippen LogP) is 7.42. The number of unbranched alkanes of at least 4 members (excludes halogenated alkanes) is 13. The van der Waals surface area contributed by atoms with Gasteiger partial charge in [-0.15, -0.1) is 0 Å². The van der Waals surface area contributed by atoms with E-state index < -0.39 is 8.32 Å². The Hall–Kier alpha value is -0.0631. The number of ether oxygens (including phenoxy) is 6. The molecule has 0 aromatic carbocycles. The van der Waals surface area contributed by atoms with Crippen molar-refractivity contribution in [2.75, 3.05) is 85.9 Å². The molecule has 0 saturated heterocycles. The van der Waals surface area contributed by atoms with Crippen LogP contribution in [0.25, 0.3) is 0 Å². The van der Waals surface area contributed by atoms with Gasteiger partial charge in [0.15, 0.2) is 8.32 Å². The van der Waals surface area contributed by atoms with Crippen LogP contribution in [-0.4, -0.2) is 94.2 Å². The van der Waals surface area contributed by atoms with Crippen LogP contribution in [0.5, 0.6) is 0 Å². The molecule has 0 unspecified atom stereocenters. The van der Waals surface area contributed by atoms with Gasteiger partial charge in [0, 0.05) is 6.61 Å². The molecule has 0 spiro atoms. The Labute approximate surface area is 243 Å². The monoisotopic (exact) mass is 578 g/mol. The van der Waals surface area contributed by atoms with Crippen molar-refractivity contribution in [2.45, 2.75) is 116 Å². The molecule has 0 heterocycles. The maximum Gasteiger partial charge on any atom is 0.183 e. The third-order valence-corrected chi connectivity index (χ3v) is 7.34. The molecule has 39 heavy (non-hydrogen) atoms. The van der Waals surface area contributed by atoms with E-state index in [4.69, 9.17) is 32.8 Å². The molecule has 0 radical (unpaired) electrons. The van der Waals surface area contributed by atoms with Crippen LogP contribution >= 0.6 is 0 Å². The van der Waals surface area contributed by atoms with Crippen LogP contribution < -0.4 is 0 Å². The van der Waals surface area contributed by atoms with Gasteiger partial charge in [0.2, 0.25) is 0 Å². The van der Waals surface area contributed by atoms with Crippen molar-refractivity contribution in [3.05, 3.63) is 0 Å². The fraction of sp³-hybridized carbons (Fsp3) is 1.00. The van der Waals surface area contributed by atoms with Crippen molar-refractivity contribution >= 4 is 8.32 Å². The molecule has 0 aromatic heterocycles. The van der Waals surface area contributed by atoms with Gasteiger partial charge in [-0.3, -0.25) is 0 Å². The van der Waals surface area contributed by atoms with Crippen molar-refractivity contribution in [2.24, 2.45) is 0 Å². The molecule has 7 nitrogen and oxygen atoms in total. The molecular formula is C31H66O7Si. The minimum Gasteiger partial charge on any atom is -0.415 e. The van der Waals surface area contributed by atoms with E-state index in [1.807, 2.05) is 0 Å². The van der Waals surface area contributed by atoms with Crippen LogP contribution in [0.3, 0.4) is 0 Å². The van der Waals surface area contributed by atoms with Crippen molar-refractivity contribution < 1.29 is 32.8 Å². The second kappa shape index (κ2) is 32.5. The van der Waals surface area contributed by atoms with Crippen molar-refractivity contribution in [1.82, 2.24) is 0 Å². The molecule has 0 aliphatic carbocycles. The number of rotatable bonds is 34. The van der Waals surface area contributed by atoms with Crippen molar-refractivity contribution in [3.8, 4) is 0 Å². The minimum absolute atomic E-state index is 0.565. The topological polar surface area (TPSA) is 64.6 Å². The lowest BCUT2D eigenvalue weighted by atomic mass is 10.0. The van der Waals surface area contributed by atoms with E-state index in [-0.39, 0.29) is 0 Å². The first kappa shape index (κ1) is 38.9. The van der Waals surface area contributed by atoms with Gasteiger partial charge in [-0.05, 0) is 26.1 Å². The normalized spacial score (nSPS) is 12.0. The molecule has 0 N–H and O–H groups in total. The highest BCUT2D eigenvalue weighted by Gasteiger charge is 2.13. The number of hydrogen-bond donors (Lipinski definition) is 0. The Morgan fingerprint density at radius 1 is 0.308 bits per heavy atom. The molecule has 0 atom stereocenters. The average Bonchev–Trinajstić information content (AvgIpc) is 2.90. The summed E-state index contributed by atoms with van der Waals surface area (Å²) in [6, 6.07) is 0. The Morgan fingerprint density at radius 3 is 0.872 bits per heavy atom. The molecule has 0 aromatic rings. The van der Waals surface area contributed by atoms with Gasteiger partial charge < -0.3 is 32.8 Å². The van der Waals surface area contributed by atoms with Gasteiger partial charge in [0.05, 0.1) is 79.3 Å². The van der Waals surface area contributed by atoms with Gasteiger partial charge in [-0.2, -0.15) is 0 Å². The third kappa shape index (κ3) is 37.9. The summed E-state index contributed by atoms with van der Waals surface area (Å²) in [4.78, 5) is 0. The lowest BCUT2D eigenvalue weighted by Gasteiger charge is -2.16. The van der Waals surface area contributed by atoms with E-state index in [0.717, 1.165) is 13.0 Å². The summed E-state index contributed by atoms with van der Waals surface area (Å²) in [5.74, 6) is 0. The molecule has 0 bridgehead atoms. The zero-order chi connectivity index (χ0) is 28.5. The molecule has 0 aliphatic heterocycles. The zero-order valence-corrected chi connectivity index (χ0v) is 27.4. The maximum atomic E-state index is 5.72. The van der Waals surface area contributed by atoms with E-state index in [0.29, 0.717) is 79.3 Å². The lowest BCUT2D eigenvalue weighted by Crippen LogP contribution is -2.27. The third-order valence-electron chi connectivity index (χ3n) is 6.27. The fourth-order valence-corrected chi connectivity index (χ4v) is 4.70. The Balaban J connectivity index is 3.04. The predicted molar refractivity (Wildman–Crippen MR) is 165 cm³/mol. The summed E-state index contributed by atoms with van der Waals surface area (Å²) < 4.78 is 38.9. The smallest absolute Gasteiger partial charge is 0.183 e. The minimum atomic E-state index is -1.43. The van der Waals surface area contributed by atoms with Crippen LogP contribution in [0.4, 0.5) is 0 Å². The van der Waals surface area contributed by atoms with Gasteiger partial charge in [0.1, 0.15) is 0 Å². The first-order chi connectivity index (χ1) is 19.1. The Kier molecular flexibility index (Phi) is 32.4. The summed E-state index contributed by atoms with van der Waals surface area (Å²) in [5.41, 5.74) is 0. The van der Waals surface area contributed by atoms with Crippen LogP contribution in [0.2, 0.25) is 19.6 Å². The molecule has 0 rings (SSSR count). The molecule has 8 heteroatoms.